The fraction of sp³-hybridized carbons (Fsp3) is 0.263. The Morgan fingerprint density at radius 3 is 2.61 bits per heavy atom. The van der Waals surface area contributed by atoms with Crippen molar-refractivity contribution in [2.45, 2.75) is 18.9 Å². The first-order valence-corrected chi connectivity index (χ1v) is 8.64. The lowest BCUT2D eigenvalue weighted by Crippen LogP contribution is -2.31. The molecule has 9 nitrogen and oxygen atoms in total. The number of rotatable bonds is 6. The molecule has 2 amide bonds. The predicted octanol–water partition coefficient (Wildman–Crippen LogP) is 0.612. The highest BCUT2D eigenvalue weighted by Crippen LogP contribution is 2.24. The third kappa shape index (κ3) is 4.56. The average molecular weight is 384 g/mol. The summed E-state index contributed by atoms with van der Waals surface area (Å²) in [6.45, 7) is 0.244. The predicted molar refractivity (Wildman–Crippen MR) is 102 cm³/mol. The monoisotopic (exact) mass is 384 g/mol. The zero-order valence-electron chi connectivity index (χ0n) is 14.9. The van der Waals surface area contributed by atoms with Crippen molar-refractivity contribution in [3.63, 3.8) is 0 Å². The summed E-state index contributed by atoms with van der Waals surface area (Å²) in [5, 5.41) is 13.3. The molecule has 6 N–H and O–H groups in total. The molecule has 28 heavy (non-hydrogen) atoms. The topological polar surface area (TPSA) is 157 Å². The third-order valence-electron chi connectivity index (χ3n) is 4.45. The van der Waals surface area contributed by atoms with E-state index in [1.54, 1.807) is 30.3 Å². The molecule has 0 radical (unpaired) electrons. The van der Waals surface area contributed by atoms with E-state index < -0.39 is 17.8 Å². The number of nitrogens with two attached hydrogens (primary N) is 2. The van der Waals surface area contributed by atoms with Gasteiger partial charge in [0.15, 0.2) is 5.96 Å². The second-order valence-corrected chi connectivity index (χ2v) is 6.61. The van der Waals surface area contributed by atoms with E-state index in [1.807, 2.05) is 6.07 Å². The fourth-order valence-electron chi connectivity index (χ4n) is 3.15. The van der Waals surface area contributed by atoms with Crippen LogP contribution in [0.5, 0.6) is 5.75 Å². The number of aliphatic imine (C=N–C) groups is 1. The Kier molecular flexibility index (Phi) is 5.44. The number of hydrogen-bond acceptors (Lipinski definition) is 4. The van der Waals surface area contributed by atoms with Crippen molar-refractivity contribution < 1.29 is 24.2 Å². The molecule has 146 valence electrons. The van der Waals surface area contributed by atoms with Crippen LogP contribution in [0.4, 0.5) is 0 Å². The molecule has 0 unspecified atom stereocenters. The summed E-state index contributed by atoms with van der Waals surface area (Å²) in [5.74, 6) is -1.98. The van der Waals surface area contributed by atoms with E-state index in [9.17, 15) is 14.4 Å². The molecule has 1 aliphatic heterocycles. The first kappa shape index (κ1) is 19.2. The number of nitrogens with zero attached hydrogens (tertiary/aromatic N) is 1. The van der Waals surface area contributed by atoms with Gasteiger partial charge in [-0.3, -0.25) is 14.4 Å². The quantitative estimate of drug-likeness (QED) is 0.420. The van der Waals surface area contributed by atoms with E-state index in [4.69, 9.17) is 21.3 Å². The van der Waals surface area contributed by atoms with Gasteiger partial charge in [0.1, 0.15) is 12.4 Å². The highest BCUT2D eigenvalue weighted by molar-refractivity contribution is 6.04. The van der Waals surface area contributed by atoms with E-state index in [0.717, 1.165) is 10.8 Å². The molecule has 0 spiro atoms. The number of carbonyl (C=O) groups is 3. The molecule has 9 heteroatoms. The molecule has 0 aliphatic carbocycles. The van der Waals surface area contributed by atoms with Crippen molar-refractivity contribution in [1.29, 1.82) is 0 Å². The number of ether oxygens (including phenoxy) is 1. The number of carboxylic acid groups (broad SMARTS) is 1. The molecule has 1 aliphatic rings. The van der Waals surface area contributed by atoms with E-state index >= 15 is 0 Å². The summed E-state index contributed by atoms with van der Waals surface area (Å²) in [6.07, 6.45) is 0.244. The van der Waals surface area contributed by atoms with E-state index in [2.05, 4.69) is 10.3 Å². The lowest BCUT2D eigenvalue weighted by atomic mass is 10.0. The van der Waals surface area contributed by atoms with Gasteiger partial charge in [0.25, 0.3) is 5.91 Å². The van der Waals surface area contributed by atoms with Gasteiger partial charge < -0.3 is 26.6 Å². The highest BCUT2D eigenvalue weighted by Gasteiger charge is 2.33. The van der Waals surface area contributed by atoms with E-state index in [1.165, 1.54) is 0 Å². The summed E-state index contributed by atoms with van der Waals surface area (Å²) in [7, 11) is 0. The Morgan fingerprint density at radius 1 is 1.18 bits per heavy atom. The zero-order chi connectivity index (χ0) is 20.3. The highest BCUT2D eigenvalue weighted by atomic mass is 16.5. The molecule has 1 saturated heterocycles. The van der Waals surface area contributed by atoms with Crippen LogP contribution in [-0.2, 0) is 9.59 Å². The van der Waals surface area contributed by atoms with Gasteiger partial charge in [-0.2, -0.15) is 4.99 Å². The second-order valence-electron chi connectivity index (χ2n) is 6.61. The van der Waals surface area contributed by atoms with Gasteiger partial charge in [0.2, 0.25) is 5.91 Å². The van der Waals surface area contributed by atoms with Crippen molar-refractivity contribution >= 4 is 34.5 Å². The summed E-state index contributed by atoms with van der Waals surface area (Å²) < 4.78 is 5.75. The van der Waals surface area contributed by atoms with Gasteiger partial charge in [-0.1, -0.05) is 12.1 Å². The number of carboxylic acids is 1. The lowest BCUT2D eigenvalue weighted by Gasteiger charge is -2.12. The number of carbonyl (C=O) groups excluding carboxylic acids is 2. The molecule has 2 atom stereocenters. The SMILES string of the molecule is NC(N)=NC(=O)c1ccc2cc(OC[C@@H]3C[C@@H](CC(=O)O)C(=O)N3)ccc2c1. The number of fused-ring (bicyclic) bond motifs is 1. The van der Waals surface area contributed by atoms with E-state index in [0.29, 0.717) is 17.7 Å². The standard InChI is InChI=1S/C19H20N4O5/c20-19(21)23-17(26)12-2-1-11-7-15(4-3-10(11)5-12)28-9-14-6-13(8-16(24)25)18(27)22-14/h1-5,7,13-14H,6,8-9H2,(H,22,27)(H,24,25)(H4,20,21,23,26)/t13-,14-/m0/s1. The van der Waals surface area contributed by atoms with Crippen molar-refractivity contribution in [3.8, 4) is 5.75 Å². The van der Waals surface area contributed by atoms with Crippen molar-refractivity contribution in [3.05, 3.63) is 42.0 Å². The molecule has 2 aromatic rings. The smallest absolute Gasteiger partial charge is 0.304 e. The number of hydrogen-bond donors (Lipinski definition) is 4. The summed E-state index contributed by atoms with van der Waals surface area (Å²) in [6, 6.07) is 10.2. The normalized spacial score (nSPS) is 18.5. The number of nitrogens with one attached hydrogen (secondary N) is 1. The Labute approximate surface area is 160 Å². The molecule has 1 fully saturated rings. The van der Waals surface area contributed by atoms with Crippen LogP contribution >= 0.6 is 0 Å². The first-order valence-electron chi connectivity index (χ1n) is 8.64. The second kappa shape index (κ2) is 7.95. The summed E-state index contributed by atoms with van der Waals surface area (Å²) in [4.78, 5) is 38.0. The van der Waals surface area contributed by atoms with Crippen molar-refractivity contribution in [2.75, 3.05) is 6.61 Å². The van der Waals surface area contributed by atoms with Gasteiger partial charge in [-0.25, -0.2) is 0 Å². The van der Waals surface area contributed by atoms with Gasteiger partial charge in [-0.15, -0.1) is 0 Å². The minimum absolute atomic E-state index is 0.181. The summed E-state index contributed by atoms with van der Waals surface area (Å²) in [5.41, 5.74) is 10.8. The Bertz CT molecular complexity index is 968. The molecule has 3 rings (SSSR count). The van der Waals surface area contributed by atoms with Crippen LogP contribution in [0.15, 0.2) is 41.4 Å². The van der Waals surface area contributed by atoms with E-state index in [-0.39, 0.29) is 30.9 Å². The maximum atomic E-state index is 11.9. The van der Waals surface area contributed by atoms with Crippen LogP contribution in [0.1, 0.15) is 23.2 Å². The van der Waals surface area contributed by atoms with Crippen LogP contribution in [0.3, 0.4) is 0 Å². The Morgan fingerprint density at radius 2 is 1.89 bits per heavy atom. The number of amides is 2. The van der Waals surface area contributed by atoms with Crippen molar-refractivity contribution in [1.82, 2.24) is 5.32 Å². The third-order valence-corrected chi connectivity index (χ3v) is 4.45. The molecular weight excluding hydrogens is 364 g/mol. The Balaban J connectivity index is 1.65. The van der Waals surface area contributed by atoms with Gasteiger partial charge in [0, 0.05) is 5.56 Å². The molecule has 1 heterocycles. The first-order chi connectivity index (χ1) is 13.3. The molecular formula is C19H20N4O5. The maximum Gasteiger partial charge on any atom is 0.304 e. The molecule has 0 saturated carbocycles. The number of guanidine groups is 1. The number of benzene rings is 2. The lowest BCUT2D eigenvalue weighted by molar-refractivity contribution is -0.140. The minimum atomic E-state index is -0.992. The van der Waals surface area contributed by atoms with Crippen LogP contribution in [0.25, 0.3) is 10.8 Å². The van der Waals surface area contributed by atoms with Crippen LogP contribution in [0.2, 0.25) is 0 Å². The number of aliphatic carboxylic acids is 1. The van der Waals surface area contributed by atoms with Gasteiger partial charge >= 0.3 is 5.97 Å². The Hall–Kier alpha value is -3.62. The van der Waals surface area contributed by atoms with Crippen LogP contribution in [0, 0.1) is 5.92 Å². The van der Waals surface area contributed by atoms with Crippen molar-refractivity contribution in [2.24, 2.45) is 22.4 Å². The summed E-state index contributed by atoms with van der Waals surface area (Å²) >= 11 is 0. The fourth-order valence-corrected chi connectivity index (χ4v) is 3.15. The van der Waals surface area contributed by atoms with Crippen LogP contribution in [-0.4, -0.2) is 41.5 Å². The largest absolute Gasteiger partial charge is 0.491 e. The minimum Gasteiger partial charge on any atom is -0.491 e. The molecule has 0 bridgehead atoms. The average Bonchev–Trinajstić information content (AvgIpc) is 2.97. The molecule has 0 aromatic heterocycles. The van der Waals surface area contributed by atoms with Gasteiger partial charge in [0.05, 0.1) is 18.4 Å². The van der Waals surface area contributed by atoms with Crippen LogP contribution < -0.4 is 21.5 Å². The molecule has 2 aromatic carbocycles. The van der Waals surface area contributed by atoms with Gasteiger partial charge in [-0.05, 0) is 41.5 Å². The maximum absolute atomic E-state index is 11.9. The zero-order valence-corrected chi connectivity index (χ0v) is 14.9.